The van der Waals surface area contributed by atoms with Gasteiger partial charge in [0.05, 0.1) is 5.56 Å². The van der Waals surface area contributed by atoms with E-state index in [1.807, 2.05) is 6.07 Å². The fraction of sp³-hybridized carbons (Fsp3) is 0.588. The summed E-state index contributed by atoms with van der Waals surface area (Å²) >= 11 is 0. The number of ether oxygens (including phenoxy) is 1. The minimum atomic E-state index is -0.168. The molecule has 0 atom stereocenters. The number of hydrogen-bond donors (Lipinski definition) is 1. The lowest BCUT2D eigenvalue weighted by Gasteiger charge is -2.36. The van der Waals surface area contributed by atoms with E-state index in [1.165, 1.54) is 24.0 Å². The number of piperazine rings is 1. The summed E-state index contributed by atoms with van der Waals surface area (Å²) in [4.78, 5) is 14.3. The molecule has 1 saturated carbocycles. The smallest absolute Gasteiger partial charge is 0.338 e. The Labute approximate surface area is 125 Å². The van der Waals surface area contributed by atoms with Crippen molar-refractivity contribution in [1.82, 2.24) is 10.2 Å². The molecular formula is C17H22N2O2. The first-order valence-electron chi connectivity index (χ1n) is 7.94. The summed E-state index contributed by atoms with van der Waals surface area (Å²) in [6.07, 6.45) is 3.74. The molecule has 3 aliphatic rings. The zero-order chi connectivity index (χ0) is 14.4. The molecule has 2 fully saturated rings. The highest BCUT2D eigenvalue weighted by atomic mass is 16.5. The summed E-state index contributed by atoms with van der Waals surface area (Å²) in [7, 11) is 0. The van der Waals surface area contributed by atoms with Crippen molar-refractivity contribution in [3.05, 3.63) is 34.4 Å². The molecule has 1 N–H and O–H groups in total. The monoisotopic (exact) mass is 286 g/mol. The predicted octanol–water partition coefficient (Wildman–Crippen LogP) is 1.65. The van der Waals surface area contributed by atoms with Gasteiger partial charge in [0.15, 0.2) is 0 Å². The zero-order valence-electron chi connectivity index (χ0n) is 12.6. The van der Waals surface area contributed by atoms with Crippen LogP contribution in [0.25, 0.3) is 0 Å². The van der Waals surface area contributed by atoms with Gasteiger partial charge in [0.25, 0.3) is 0 Å². The number of nitrogens with zero attached hydrogens (tertiary/aromatic N) is 1. The second-order valence-corrected chi connectivity index (χ2v) is 6.59. The molecule has 1 aliphatic carbocycles. The largest absolute Gasteiger partial charge is 0.457 e. The van der Waals surface area contributed by atoms with Crippen molar-refractivity contribution < 1.29 is 9.53 Å². The third kappa shape index (κ3) is 2.17. The number of cyclic esters (lactones) is 1. The van der Waals surface area contributed by atoms with Crippen LogP contribution in [0, 0.1) is 6.92 Å². The number of fused-ring (bicyclic) bond motifs is 1. The van der Waals surface area contributed by atoms with E-state index >= 15 is 0 Å². The van der Waals surface area contributed by atoms with Crippen molar-refractivity contribution in [2.75, 3.05) is 26.2 Å². The van der Waals surface area contributed by atoms with Gasteiger partial charge >= 0.3 is 5.97 Å². The Morgan fingerprint density at radius 2 is 2.24 bits per heavy atom. The average Bonchev–Trinajstić information content (AvgIpc) is 3.15. The summed E-state index contributed by atoms with van der Waals surface area (Å²) in [6.45, 7) is 7.11. The van der Waals surface area contributed by atoms with Crippen molar-refractivity contribution in [2.24, 2.45) is 0 Å². The molecule has 0 bridgehead atoms. The van der Waals surface area contributed by atoms with E-state index in [9.17, 15) is 4.79 Å². The van der Waals surface area contributed by atoms with Crippen LogP contribution < -0.4 is 5.32 Å². The number of hydrogen-bond acceptors (Lipinski definition) is 4. The molecular weight excluding hydrogens is 264 g/mol. The Morgan fingerprint density at radius 3 is 3.05 bits per heavy atom. The van der Waals surface area contributed by atoms with Crippen LogP contribution in [-0.2, 0) is 17.8 Å². The van der Waals surface area contributed by atoms with E-state index in [0.717, 1.165) is 43.7 Å². The van der Waals surface area contributed by atoms with Crippen molar-refractivity contribution >= 4 is 5.97 Å². The van der Waals surface area contributed by atoms with Crippen LogP contribution in [0.15, 0.2) is 12.1 Å². The van der Waals surface area contributed by atoms with E-state index in [-0.39, 0.29) is 5.97 Å². The van der Waals surface area contributed by atoms with Crippen molar-refractivity contribution in [3.63, 3.8) is 0 Å². The van der Waals surface area contributed by atoms with Crippen LogP contribution in [0.3, 0.4) is 0 Å². The molecule has 4 heteroatoms. The van der Waals surface area contributed by atoms with Crippen LogP contribution in [0.1, 0.15) is 39.9 Å². The fourth-order valence-electron chi connectivity index (χ4n) is 3.79. The number of carbonyl (C=O) groups excluding carboxylic acids is 1. The van der Waals surface area contributed by atoms with Gasteiger partial charge in [-0.1, -0.05) is 6.07 Å². The van der Waals surface area contributed by atoms with Gasteiger partial charge in [-0.15, -0.1) is 0 Å². The summed E-state index contributed by atoms with van der Waals surface area (Å²) in [6, 6.07) is 4.06. The normalized spacial score (nSPS) is 23.2. The van der Waals surface area contributed by atoms with Crippen LogP contribution in [0.5, 0.6) is 0 Å². The molecule has 0 unspecified atom stereocenters. The first kappa shape index (κ1) is 13.3. The minimum absolute atomic E-state index is 0.168. The van der Waals surface area contributed by atoms with Crippen molar-refractivity contribution in [3.8, 4) is 0 Å². The number of esters is 1. The van der Waals surface area contributed by atoms with Gasteiger partial charge in [-0.25, -0.2) is 4.79 Å². The van der Waals surface area contributed by atoms with Crippen LogP contribution >= 0.6 is 0 Å². The maximum absolute atomic E-state index is 11.6. The second-order valence-electron chi connectivity index (χ2n) is 6.59. The van der Waals surface area contributed by atoms with Crippen LogP contribution in [0.4, 0.5) is 0 Å². The molecule has 4 nitrogen and oxygen atoms in total. The third-order valence-electron chi connectivity index (χ3n) is 5.44. The Kier molecular flexibility index (Phi) is 3.05. The highest BCUT2D eigenvalue weighted by Gasteiger charge is 2.48. The van der Waals surface area contributed by atoms with Crippen molar-refractivity contribution in [2.45, 2.75) is 38.3 Å². The van der Waals surface area contributed by atoms with E-state index < -0.39 is 0 Å². The Bertz CT molecular complexity index is 593. The molecule has 1 spiro atoms. The number of nitrogens with one attached hydrogen (secondary N) is 1. The first-order valence-corrected chi connectivity index (χ1v) is 7.94. The number of rotatable bonds is 3. The molecule has 21 heavy (non-hydrogen) atoms. The number of carbonyl (C=O) groups is 1. The molecule has 2 heterocycles. The van der Waals surface area contributed by atoms with E-state index in [0.29, 0.717) is 12.1 Å². The molecule has 0 amide bonds. The summed E-state index contributed by atoms with van der Waals surface area (Å²) in [5.74, 6) is -0.168. The third-order valence-corrected chi connectivity index (χ3v) is 5.44. The summed E-state index contributed by atoms with van der Waals surface area (Å²) in [5, 5.41) is 3.52. The maximum atomic E-state index is 11.6. The van der Waals surface area contributed by atoms with E-state index in [4.69, 9.17) is 4.74 Å². The Balaban J connectivity index is 1.49. The zero-order valence-corrected chi connectivity index (χ0v) is 12.6. The Hall–Kier alpha value is -1.39. The first-order chi connectivity index (χ1) is 10.2. The van der Waals surface area contributed by atoms with Crippen LogP contribution in [0.2, 0.25) is 0 Å². The van der Waals surface area contributed by atoms with Gasteiger partial charge < -0.3 is 10.1 Å². The fourth-order valence-corrected chi connectivity index (χ4v) is 3.79. The van der Waals surface area contributed by atoms with Gasteiger partial charge in [0, 0.05) is 37.3 Å². The lowest BCUT2D eigenvalue weighted by Crippen LogP contribution is -2.53. The number of benzene rings is 1. The summed E-state index contributed by atoms with van der Waals surface area (Å²) in [5.41, 5.74) is 4.93. The lowest BCUT2D eigenvalue weighted by molar-refractivity contribution is 0.0535. The topological polar surface area (TPSA) is 41.6 Å². The van der Waals surface area contributed by atoms with Gasteiger partial charge in [0.1, 0.15) is 6.61 Å². The maximum Gasteiger partial charge on any atom is 0.338 e. The minimum Gasteiger partial charge on any atom is -0.457 e. The standard InChI is InChI=1S/C17H22N2O2/c1-12-13(2-3-14-15(12)10-21-16(14)20)4-8-19-9-7-18-11-17(19)5-6-17/h2-3,18H,4-11H2,1H3. The molecule has 1 saturated heterocycles. The second kappa shape index (κ2) is 4.82. The Morgan fingerprint density at radius 1 is 1.38 bits per heavy atom. The van der Waals surface area contributed by atoms with E-state index in [2.05, 4.69) is 23.2 Å². The van der Waals surface area contributed by atoms with Crippen molar-refractivity contribution in [1.29, 1.82) is 0 Å². The van der Waals surface area contributed by atoms with Gasteiger partial charge in [-0.3, -0.25) is 4.90 Å². The predicted molar refractivity (Wildman–Crippen MR) is 80.4 cm³/mol. The summed E-state index contributed by atoms with van der Waals surface area (Å²) < 4.78 is 5.14. The lowest BCUT2D eigenvalue weighted by atomic mass is 9.96. The quantitative estimate of drug-likeness (QED) is 0.858. The average molecular weight is 286 g/mol. The highest BCUT2D eigenvalue weighted by Crippen LogP contribution is 2.42. The highest BCUT2D eigenvalue weighted by molar-refractivity contribution is 5.93. The van der Waals surface area contributed by atoms with Gasteiger partial charge in [-0.2, -0.15) is 0 Å². The van der Waals surface area contributed by atoms with Gasteiger partial charge in [0.2, 0.25) is 0 Å². The van der Waals surface area contributed by atoms with E-state index in [1.54, 1.807) is 0 Å². The molecule has 1 aromatic rings. The molecule has 0 radical (unpaired) electrons. The SMILES string of the molecule is Cc1c(CCN2CCNCC23CC3)ccc2c1COC2=O. The molecule has 0 aromatic heterocycles. The van der Waals surface area contributed by atoms with Crippen LogP contribution in [-0.4, -0.2) is 42.6 Å². The molecule has 112 valence electrons. The van der Waals surface area contributed by atoms with Gasteiger partial charge in [-0.05, 0) is 43.4 Å². The molecule has 1 aromatic carbocycles. The molecule has 4 rings (SSSR count). The molecule has 2 aliphatic heterocycles.